The lowest BCUT2D eigenvalue weighted by Crippen LogP contribution is -1.94. The van der Waals surface area contributed by atoms with E-state index in [4.69, 9.17) is 26.0 Å². The zero-order valence-corrected chi connectivity index (χ0v) is 14.3. The molecule has 0 saturated carbocycles. The average molecular weight is 380 g/mol. The van der Waals surface area contributed by atoms with Crippen molar-refractivity contribution in [2.75, 3.05) is 5.32 Å². The minimum absolute atomic E-state index is 0.191. The van der Waals surface area contributed by atoms with Gasteiger partial charge in [0.2, 0.25) is 5.82 Å². The number of hydrogen-bond acceptors (Lipinski definition) is 8. The third kappa shape index (κ3) is 3.42. The molecule has 0 bridgehead atoms. The fourth-order valence-corrected chi connectivity index (χ4v) is 2.53. The van der Waals surface area contributed by atoms with Gasteiger partial charge in [-0.25, -0.2) is 4.98 Å². The standard InChI is InChI=1S/C17H10ClN7O2/c18-12-6-11(20-8-10(7-19)17-22-24-25-23-17)4-5-13(12)27-15-3-1-2-14-16(15)21-9-26-14/h1-6,8-9,20H,(H,22,23,24,25). The summed E-state index contributed by atoms with van der Waals surface area (Å²) in [6.45, 7) is 0. The Bertz CT molecular complexity index is 1160. The van der Waals surface area contributed by atoms with Crippen molar-refractivity contribution in [3.63, 3.8) is 0 Å². The lowest BCUT2D eigenvalue weighted by molar-refractivity contribution is 0.487. The van der Waals surface area contributed by atoms with E-state index in [0.717, 1.165) is 0 Å². The highest BCUT2D eigenvalue weighted by atomic mass is 35.5. The summed E-state index contributed by atoms with van der Waals surface area (Å²) in [5.74, 6) is 1.18. The molecule has 2 aromatic heterocycles. The van der Waals surface area contributed by atoms with Gasteiger partial charge in [-0.3, -0.25) is 0 Å². The molecule has 4 aromatic rings. The molecule has 0 unspecified atom stereocenters. The number of allylic oxidation sites excluding steroid dienone is 1. The highest BCUT2D eigenvalue weighted by Gasteiger charge is 2.10. The molecule has 27 heavy (non-hydrogen) atoms. The van der Waals surface area contributed by atoms with Crippen molar-refractivity contribution in [2.45, 2.75) is 0 Å². The van der Waals surface area contributed by atoms with Crippen LogP contribution >= 0.6 is 11.6 Å². The maximum Gasteiger partial charge on any atom is 0.216 e. The van der Waals surface area contributed by atoms with Crippen LogP contribution in [0.4, 0.5) is 5.69 Å². The molecule has 0 radical (unpaired) electrons. The van der Waals surface area contributed by atoms with Gasteiger partial charge in [-0.1, -0.05) is 17.7 Å². The number of nitrogens with zero attached hydrogens (tertiary/aromatic N) is 5. The number of aromatic amines is 1. The minimum atomic E-state index is 0.191. The highest BCUT2D eigenvalue weighted by Crippen LogP contribution is 2.34. The SMILES string of the molecule is N#CC(=CNc1ccc(Oc2cccc3ocnc23)c(Cl)c1)c1nn[nH]n1. The zero-order valence-electron chi connectivity index (χ0n) is 13.5. The van der Waals surface area contributed by atoms with Gasteiger partial charge in [-0.2, -0.15) is 10.5 Å². The number of tetrazole rings is 1. The molecule has 0 amide bonds. The molecule has 0 aliphatic carbocycles. The smallest absolute Gasteiger partial charge is 0.216 e. The number of nitriles is 1. The summed E-state index contributed by atoms with van der Waals surface area (Å²) in [5.41, 5.74) is 2.11. The number of rotatable bonds is 5. The maximum absolute atomic E-state index is 9.17. The van der Waals surface area contributed by atoms with Crippen molar-refractivity contribution in [1.82, 2.24) is 25.6 Å². The zero-order chi connectivity index (χ0) is 18.6. The third-order valence-electron chi connectivity index (χ3n) is 3.57. The second-order valence-corrected chi connectivity index (χ2v) is 5.66. The van der Waals surface area contributed by atoms with Gasteiger partial charge in [0.25, 0.3) is 0 Å². The van der Waals surface area contributed by atoms with Crippen LogP contribution in [0, 0.1) is 11.3 Å². The van der Waals surface area contributed by atoms with E-state index in [9.17, 15) is 0 Å². The van der Waals surface area contributed by atoms with Crippen LogP contribution in [0.25, 0.3) is 16.7 Å². The first-order valence-corrected chi connectivity index (χ1v) is 8.02. The number of H-pyrrole nitrogens is 1. The van der Waals surface area contributed by atoms with E-state index in [1.165, 1.54) is 12.6 Å². The van der Waals surface area contributed by atoms with Crippen molar-refractivity contribution in [3.05, 3.63) is 59.8 Å². The Hall–Kier alpha value is -3.90. The van der Waals surface area contributed by atoms with Gasteiger partial charge in [0.15, 0.2) is 23.2 Å². The summed E-state index contributed by atoms with van der Waals surface area (Å²) in [4.78, 5) is 4.14. The number of para-hydroxylation sites is 1. The number of anilines is 1. The predicted molar refractivity (Wildman–Crippen MR) is 96.9 cm³/mol. The first-order chi connectivity index (χ1) is 13.2. The van der Waals surface area contributed by atoms with Crippen molar-refractivity contribution >= 4 is 34.0 Å². The molecule has 10 heteroatoms. The fraction of sp³-hybridized carbons (Fsp3) is 0. The van der Waals surface area contributed by atoms with Gasteiger partial charge >= 0.3 is 0 Å². The Morgan fingerprint density at radius 2 is 2.22 bits per heavy atom. The Morgan fingerprint density at radius 1 is 1.30 bits per heavy atom. The van der Waals surface area contributed by atoms with Gasteiger partial charge in [-0.05, 0) is 35.5 Å². The van der Waals surface area contributed by atoms with E-state index in [-0.39, 0.29) is 11.4 Å². The lowest BCUT2D eigenvalue weighted by atomic mass is 10.2. The van der Waals surface area contributed by atoms with Crippen molar-refractivity contribution in [1.29, 1.82) is 5.26 Å². The number of aromatic nitrogens is 5. The van der Waals surface area contributed by atoms with Crippen LogP contribution in [0.15, 0.2) is 53.4 Å². The maximum atomic E-state index is 9.17. The Morgan fingerprint density at radius 3 is 3.00 bits per heavy atom. The van der Waals surface area contributed by atoms with Gasteiger partial charge < -0.3 is 14.5 Å². The molecule has 0 fully saturated rings. The van der Waals surface area contributed by atoms with Crippen LogP contribution in [0.3, 0.4) is 0 Å². The second kappa shape index (κ2) is 7.15. The first kappa shape index (κ1) is 16.6. The number of ether oxygens (including phenoxy) is 1. The molecular formula is C17H10ClN7O2. The fourth-order valence-electron chi connectivity index (χ4n) is 2.31. The van der Waals surface area contributed by atoms with Crippen LogP contribution in [0.5, 0.6) is 11.5 Å². The summed E-state index contributed by atoms with van der Waals surface area (Å²) in [7, 11) is 0. The number of fused-ring (bicyclic) bond motifs is 1. The predicted octanol–water partition coefficient (Wildman–Crippen LogP) is 3.76. The van der Waals surface area contributed by atoms with E-state index >= 15 is 0 Å². The Balaban J connectivity index is 1.54. The molecule has 9 nitrogen and oxygen atoms in total. The van der Waals surface area contributed by atoms with Gasteiger partial charge in [0.1, 0.15) is 17.4 Å². The van der Waals surface area contributed by atoms with Crippen molar-refractivity contribution < 1.29 is 9.15 Å². The number of hydrogen-bond donors (Lipinski definition) is 2. The van der Waals surface area contributed by atoms with E-state index in [2.05, 4.69) is 30.9 Å². The molecular weight excluding hydrogens is 370 g/mol. The van der Waals surface area contributed by atoms with E-state index in [1.807, 2.05) is 6.07 Å². The van der Waals surface area contributed by atoms with E-state index in [1.54, 1.807) is 36.4 Å². The van der Waals surface area contributed by atoms with Crippen molar-refractivity contribution in [3.8, 4) is 17.6 Å². The van der Waals surface area contributed by atoms with E-state index < -0.39 is 0 Å². The Labute approximate surface area is 157 Å². The third-order valence-corrected chi connectivity index (χ3v) is 3.86. The molecule has 0 saturated heterocycles. The molecule has 2 N–H and O–H groups in total. The Kier molecular flexibility index (Phi) is 4.38. The number of nitrogens with one attached hydrogen (secondary N) is 2. The van der Waals surface area contributed by atoms with Gasteiger partial charge in [0.05, 0.1) is 5.02 Å². The van der Waals surface area contributed by atoms with Gasteiger partial charge in [-0.15, -0.1) is 10.2 Å². The quantitative estimate of drug-likeness (QED) is 0.502. The molecule has 2 aromatic carbocycles. The molecule has 0 spiro atoms. The monoisotopic (exact) mass is 379 g/mol. The summed E-state index contributed by atoms with van der Waals surface area (Å²) < 4.78 is 11.1. The summed E-state index contributed by atoms with van der Waals surface area (Å²) >= 11 is 6.32. The molecule has 0 aliphatic heterocycles. The van der Waals surface area contributed by atoms with Crippen LogP contribution in [-0.2, 0) is 0 Å². The lowest BCUT2D eigenvalue weighted by Gasteiger charge is -2.09. The normalized spacial score (nSPS) is 11.3. The van der Waals surface area contributed by atoms with Crippen LogP contribution in [0.1, 0.15) is 5.82 Å². The first-order valence-electron chi connectivity index (χ1n) is 7.65. The molecule has 132 valence electrons. The summed E-state index contributed by atoms with van der Waals surface area (Å²) in [6, 6.07) is 12.5. The summed E-state index contributed by atoms with van der Waals surface area (Å²) in [5, 5.41) is 25.8. The van der Waals surface area contributed by atoms with Crippen LogP contribution in [-0.4, -0.2) is 25.6 Å². The number of halogens is 1. The number of benzene rings is 2. The van der Waals surface area contributed by atoms with E-state index in [0.29, 0.717) is 33.3 Å². The van der Waals surface area contributed by atoms with Gasteiger partial charge in [0, 0.05) is 11.9 Å². The number of oxazole rings is 1. The largest absolute Gasteiger partial charge is 0.453 e. The summed E-state index contributed by atoms with van der Waals surface area (Å²) in [6.07, 6.45) is 2.82. The second-order valence-electron chi connectivity index (χ2n) is 5.25. The minimum Gasteiger partial charge on any atom is -0.453 e. The van der Waals surface area contributed by atoms with Crippen LogP contribution < -0.4 is 10.1 Å². The topological polar surface area (TPSA) is 126 Å². The highest BCUT2D eigenvalue weighted by molar-refractivity contribution is 6.32. The van der Waals surface area contributed by atoms with Crippen molar-refractivity contribution in [2.24, 2.45) is 0 Å². The molecule has 4 rings (SSSR count). The van der Waals surface area contributed by atoms with Crippen LogP contribution in [0.2, 0.25) is 5.02 Å². The molecule has 0 atom stereocenters. The molecule has 2 heterocycles. The molecule has 0 aliphatic rings. The average Bonchev–Trinajstić information content (AvgIpc) is 3.36.